The molecule has 3 N–H and O–H groups in total. The van der Waals surface area contributed by atoms with E-state index in [0.29, 0.717) is 11.1 Å². The molecule has 0 aliphatic heterocycles. The summed E-state index contributed by atoms with van der Waals surface area (Å²) in [7, 11) is 0. The predicted molar refractivity (Wildman–Crippen MR) is 70.6 cm³/mol. The van der Waals surface area contributed by atoms with Crippen molar-refractivity contribution in [2.75, 3.05) is 0 Å². The molecule has 2 rings (SSSR count). The Morgan fingerprint density at radius 1 is 1.26 bits per heavy atom. The molecule has 0 saturated heterocycles. The molecule has 5 nitrogen and oxygen atoms in total. The number of ether oxygens (including phenoxy) is 1. The highest BCUT2D eigenvalue weighted by molar-refractivity contribution is 7.12. The van der Waals surface area contributed by atoms with Gasteiger partial charge in [0, 0.05) is 11.1 Å². The Balaban J connectivity index is 2.17. The lowest BCUT2D eigenvalue weighted by Crippen LogP contribution is -2.14. The van der Waals surface area contributed by atoms with Gasteiger partial charge in [0.2, 0.25) is 5.91 Å². The summed E-state index contributed by atoms with van der Waals surface area (Å²) in [6.45, 7) is 0.0934. The van der Waals surface area contributed by atoms with Crippen molar-refractivity contribution in [2.45, 2.75) is 6.61 Å². The van der Waals surface area contributed by atoms with Gasteiger partial charge in [0.1, 0.15) is 12.4 Å². The number of hydrogen-bond donors (Lipinski definition) is 2. The summed E-state index contributed by atoms with van der Waals surface area (Å²) < 4.78 is 5.44. The molecule has 98 valence electrons. The fraction of sp³-hybridized carbons (Fsp3) is 0.0769. The first-order valence-corrected chi connectivity index (χ1v) is 6.29. The number of rotatable bonds is 5. The monoisotopic (exact) mass is 277 g/mol. The molecule has 0 atom stereocenters. The van der Waals surface area contributed by atoms with Crippen LogP contribution in [-0.4, -0.2) is 17.0 Å². The number of benzene rings is 1. The Hall–Kier alpha value is -2.34. The standard InChI is InChI=1S/C13H11NO4S/c14-12(15)9-4-2-1-3-8(9)7-18-10-5-6-19-11(10)13(16)17/h1-6H,7H2,(H2,14,15)(H,16,17). The van der Waals surface area contributed by atoms with Crippen molar-refractivity contribution in [3.8, 4) is 5.75 Å². The number of hydrogen-bond acceptors (Lipinski definition) is 4. The Kier molecular flexibility index (Phi) is 3.82. The molecule has 1 aromatic heterocycles. The van der Waals surface area contributed by atoms with Crippen molar-refractivity contribution in [2.24, 2.45) is 5.73 Å². The molecule has 1 amide bonds. The van der Waals surface area contributed by atoms with Gasteiger partial charge in [-0.3, -0.25) is 4.79 Å². The topological polar surface area (TPSA) is 89.6 Å². The van der Waals surface area contributed by atoms with Crippen LogP contribution >= 0.6 is 11.3 Å². The van der Waals surface area contributed by atoms with Crippen molar-refractivity contribution in [1.82, 2.24) is 0 Å². The normalized spacial score (nSPS) is 10.1. The molecule has 2 aromatic rings. The lowest BCUT2D eigenvalue weighted by atomic mass is 10.1. The summed E-state index contributed by atoms with van der Waals surface area (Å²) in [5.41, 5.74) is 6.25. The average Bonchev–Trinajstić information content (AvgIpc) is 2.85. The SMILES string of the molecule is NC(=O)c1ccccc1COc1ccsc1C(=O)O. The summed E-state index contributed by atoms with van der Waals surface area (Å²) in [4.78, 5) is 22.3. The Bertz CT molecular complexity index is 621. The van der Waals surface area contributed by atoms with Gasteiger partial charge in [-0.1, -0.05) is 18.2 Å². The minimum Gasteiger partial charge on any atom is -0.487 e. The van der Waals surface area contributed by atoms with E-state index in [9.17, 15) is 9.59 Å². The molecule has 1 aromatic carbocycles. The van der Waals surface area contributed by atoms with Crippen LogP contribution in [0.2, 0.25) is 0 Å². The van der Waals surface area contributed by atoms with Crippen molar-refractivity contribution < 1.29 is 19.4 Å². The number of carboxylic acids is 1. The number of nitrogens with two attached hydrogens (primary N) is 1. The molecule has 0 spiro atoms. The zero-order valence-electron chi connectivity index (χ0n) is 9.83. The first-order valence-electron chi connectivity index (χ1n) is 5.41. The molecule has 0 aliphatic rings. The largest absolute Gasteiger partial charge is 0.487 e. The number of amides is 1. The van der Waals surface area contributed by atoms with Crippen LogP contribution in [0.3, 0.4) is 0 Å². The van der Waals surface area contributed by atoms with Crippen LogP contribution in [0.4, 0.5) is 0 Å². The first kappa shape index (κ1) is 13.1. The molecular weight excluding hydrogens is 266 g/mol. The van der Waals surface area contributed by atoms with E-state index < -0.39 is 11.9 Å². The van der Waals surface area contributed by atoms with E-state index in [1.807, 2.05) is 0 Å². The first-order chi connectivity index (χ1) is 9.09. The van der Waals surface area contributed by atoms with Gasteiger partial charge in [-0.25, -0.2) is 4.79 Å². The smallest absolute Gasteiger partial charge is 0.349 e. The number of carboxylic acid groups (broad SMARTS) is 1. The molecule has 1 heterocycles. The molecule has 0 unspecified atom stereocenters. The zero-order valence-corrected chi connectivity index (χ0v) is 10.6. The molecule has 0 fully saturated rings. The minimum absolute atomic E-state index is 0.0934. The molecule has 6 heteroatoms. The summed E-state index contributed by atoms with van der Waals surface area (Å²) in [6, 6.07) is 8.37. The second kappa shape index (κ2) is 5.53. The van der Waals surface area contributed by atoms with E-state index in [1.54, 1.807) is 35.7 Å². The van der Waals surface area contributed by atoms with Gasteiger partial charge in [0.05, 0.1) is 0 Å². The lowest BCUT2D eigenvalue weighted by molar-refractivity contribution is 0.0697. The van der Waals surface area contributed by atoms with Crippen LogP contribution in [-0.2, 0) is 6.61 Å². The molecule has 0 aliphatic carbocycles. The summed E-state index contributed by atoms with van der Waals surface area (Å²) in [6.07, 6.45) is 0. The van der Waals surface area contributed by atoms with Gasteiger partial charge in [0.15, 0.2) is 4.88 Å². The van der Waals surface area contributed by atoms with E-state index in [0.717, 1.165) is 11.3 Å². The number of carbonyl (C=O) groups excluding carboxylic acids is 1. The maximum Gasteiger partial charge on any atom is 0.349 e. The van der Waals surface area contributed by atoms with Gasteiger partial charge >= 0.3 is 5.97 Å². The van der Waals surface area contributed by atoms with Gasteiger partial charge in [0.25, 0.3) is 0 Å². The van der Waals surface area contributed by atoms with Gasteiger partial charge < -0.3 is 15.6 Å². The molecule has 19 heavy (non-hydrogen) atoms. The van der Waals surface area contributed by atoms with Crippen molar-refractivity contribution in [3.63, 3.8) is 0 Å². The van der Waals surface area contributed by atoms with Crippen LogP contribution in [0.25, 0.3) is 0 Å². The highest BCUT2D eigenvalue weighted by atomic mass is 32.1. The number of aromatic carboxylic acids is 1. The average molecular weight is 277 g/mol. The van der Waals surface area contributed by atoms with Crippen LogP contribution < -0.4 is 10.5 Å². The van der Waals surface area contributed by atoms with Crippen LogP contribution in [0.1, 0.15) is 25.6 Å². The highest BCUT2D eigenvalue weighted by Crippen LogP contribution is 2.25. The molecular formula is C13H11NO4S. The van der Waals surface area contributed by atoms with E-state index >= 15 is 0 Å². The van der Waals surface area contributed by atoms with E-state index in [4.69, 9.17) is 15.6 Å². The number of primary amides is 1. The van der Waals surface area contributed by atoms with Gasteiger partial charge in [-0.2, -0.15) is 0 Å². The second-order valence-electron chi connectivity index (χ2n) is 3.73. The third-order valence-electron chi connectivity index (χ3n) is 2.49. The maximum atomic E-state index is 11.2. The molecule has 0 saturated carbocycles. The van der Waals surface area contributed by atoms with E-state index in [1.165, 1.54) is 0 Å². The quantitative estimate of drug-likeness (QED) is 0.876. The van der Waals surface area contributed by atoms with Crippen LogP contribution in [0.15, 0.2) is 35.7 Å². The fourth-order valence-electron chi connectivity index (χ4n) is 1.61. The fourth-order valence-corrected chi connectivity index (χ4v) is 2.28. The second-order valence-corrected chi connectivity index (χ2v) is 4.65. The van der Waals surface area contributed by atoms with Crippen molar-refractivity contribution >= 4 is 23.2 Å². The van der Waals surface area contributed by atoms with Crippen LogP contribution in [0.5, 0.6) is 5.75 Å². The molecule has 0 bridgehead atoms. The third-order valence-corrected chi connectivity index (χ3v) is 3.37. The zero-order chi connectivity index (χ0) is 13.8. The lowest BCUT2D eigenvalue weighted by Gasteiger charge is -2.08. The number of thiophene rings is 1. The van der Waals surface area contributed by atoms with Crippen LogP contribution in [0, 0.1) is 0 Å². The van der Waals surface area contributed by atoms with Crippen molar-refractivity contribution in [1.29, 1.82) is 0 Å². The van der Waals surface area contributed by atoms with Crippen molar-refractivity contribution in [3.05, 3.63) is 51.7 Å². The van der Waals surface area contributed by atoms with Gasteiger partial charge in [-0.15, -0.1) is 11.3 Å². The summed E-state index contributed by atoms with van der Waals surface area (Å²) in [5, 5.41) is 10.6. The van der Waals surface area contributed by atoms with E-state index in [2.05, 4.69) is 0 Å². The summed E-state index contributed by atoms with van der Waals surface area (Å²) >= 11 is 1.09. The van der Waals surface area contributed by atoms with E-state index in [-0.39, 0.29) is 17.2 Å². The third kappa shape index (κ3) is 2.92. The predicted octanol–water partition coefficient (Wildman–Crippen LogP) is 2.12. The van der Waals surface area contributed by atoms with Gasteiger partial charge in [-0.05, 0) is 17.5 Å². The Morgan fingerprint density at radius 3 is 2.68 bits per heavy atom. The Morgan fingerprint density at radius 2 is 2.00 bits per heavy atom. The molecule has 0 radical (unpaired) electrons. The maximum absolute atomic E-state index is 11.2. The Labute approximate surface area is 113 Å². The highest BCUT2D eigenvalue weighted by Gasteiger charge is 2.14. The summed E-state index contributed by atoms with van der Waals surface area (Å²) in [5.74, 6) is -1.28. The minimum atomic E-state index is -1.03. The number of carbonyl (C=O) groups is 2.